The molecule has 2 aromatic heterocycles. The van der Waals surface area contributed by atoms with Gasteiger partial charge in [-0.15, -0.1) is 11.3 Å². The van der Waals surface area contributed by atoms with Crippen molar-refractivity contribution in [3.8, 4) is 0 Å². The summed E-state index contributed by atoms with van der Waals surface area (Å²) in [7, 11) is 0. The van der Waals surface area contributed by atoms with Gasteiger partial charge in [-0.25, -0.2) is 9.97 Å². The molecule has 2 aromatic carbocycles. The van der Waals surface area contributed by atoms with Gasteiger partial charge in [-0.3, -0.25) is 9.80 Å². The molecule has 4 aromatic rings. The van der Waals surface area contributed by atoms with Crippen molar-refractivity contribution in [1.29, 1.82) is 0 Å². The van der Waals surface area contributed by atoms with Crippen molar-refractivity contribution in [3.05, 3.63) is 88.1 Å². The van der Waals surface area contributed by atoms with Gasteiger partial charge in [-0.05, 0) is 41.9 Å². The summed E-state index contributed by atoms with van der Waals surface area (Å²) in [6, 6.07) is 22.2. The maximum absolute atomic E-state index is 5.59. The molecule has 7 rings (SSSR count). The maximum atomic E-state index is 5.59. The minimum Gasteiger partial charge on any atom is -0.379 e. The van der Waals surface area contributed by atoms with Crippen LogP contribution in [0.5, 0.6) is 0 Å². The number of nitrogens with zero attached hydrogens (tertiary/aromatic N) is 5. The summed E-state index contributed by atoms with van der Waals surface area (Å²) in [6.07, 6.45) is 3.59. The van der Waals surface area contributed by atoms with Crippen LogP contribution in [0.3, 0.4) is 0 Å². The zero-order valence-corrected chi connectivity index (χ0v) is 24.3. The number of rotatable bonds is 6. The lowest BCUT2D eigenvalue weighted by Crippen LogP contribution is -2.48. The smallest absolute Gasteiger partial charge is 0.146 e. The summed E-state index contributed by atoms with van der Waals surface area (Å²) in [5.41, 5.74) is 4.25. The average molecular weight is 554 g/mol. The lowest BCUT2D eigenvalue weighted by Gasteiger charge is -2.40. The molecule has 40 heavy (non-hydrogen) atoms. The van der Waals surface area contributed by atoms with Gasteiger partial charge in [0.05, 0.1) is 31.2 Å². The summed E-state index contributed by atoms with van der Waals surface area (Å²) in [5, 5.41) is 1.34. The van der Waals surface area contributed by atoms with Gasteiger partial charge in [0.2, 0.25) is 0 Å². The first-order chi connectivity index (χ1) is 19.7. The third-order valence-corrected chi connectivity index (χ3v) is 10.0. The first-order valence-electron chi connectivity index (χ1n) is 14.9. The second-order valence-electron chi connectivity index (χ2n) is 11.6. The van der Waals surface area contributed by atoms with Gasteiger partial charge in [0.15, 0.2) is 0 Å². The predicted octanol–water partition coefficient (Wildman–Crippen LogP) is 5.56. The van der Waals surface area contributed by atoms with Gasteiger partial charge in [0.1, 0.15) is 16.5 Å². The fourth-order valence-corrected chi connectivity index (χ4v) is 8.10. The van der Waals surface area contributed by atoms with E-state index in [4.69, 9.17) is 14.7 Å². The van der Waals surface area contributed by atoms with Crippen molar-refractivity contribution in [1.82, 2.24) is 19.8 Å². The van der Waals surface area contributed by atoms with Crippen molar-refractivity contribution in [2.75, 3.05) is 57.4 Å². The third-order valence-electron chi connectivity index (χ3n) is 8.86. The number of ether oxygens (including phenoxy) is 1. The molecular formula is C33H39N5OS. The Morgan fingerprint density at radius 3 is 2.23 bits per heavy atom. The maximum Gasteiger partial charge on any atom is 0.146 e. The Morgan fingerprint density at radius 2 is 1.55 bits per heavy atom. The number of anilines is 1. The number of benzene rings is 2. The second kappa shape index (κ2) is 11.6. The SMILES string of the molecule is C[C@H]1CCc2c(sc3nc(CN4CCOCC4)nc(N4CCN(C(c5ccccc5)c5ccccc5)CC4)c23)C1. The van der Waals surface area contributed by atoms with Crippen LogP contribution in [0.15, 0.2) is 60.7 Å². The van der Waals surface area contributed by atoms with E-state index in [1.165, 1.54) is 45.6 Å². The van der Waals surface area contributed by atoms with Crippen molar-refractivity contribution in [2.45, 2.75) is 38.8 Å². The van der Waals surface area contributed by atoms with Crippen LogP contribution in [-0.2, 0) is 24.1 Å². The van der Waals surface area contributed by atoms with Crippen molar-refractivity contribution in [2.24, 2.45) is 5.92 Å². The summed E-state index contributed by atoms with van der Waals surface area (Å²) in [4.78, 5) is 20.9. The van der Waals surface area contributed by atoms with Crippen LogP contribution in [0, 0.1) is 5.92 Å². The van der Waals surface area contributed by atoms with E-state index in [9.17, 15) is 0 Å². The van der Waals surface area contributed by atoms with Crippen molar-refractivity contribution in [3.63, 3.8) is 0 Å². The predicted molar refractivity (Wildman–Crippen MR) is 163 cm³/mol. The normalized spacial score (nSPS) is 20.8. The average Bonchev–Trinajstić information content (AvgIpc) is 3.36. The van der Waals surface area contributed by atoms with Crippen LogP contribution < -0.4 is 4.90 Å². The first-order valence-corrected chi connectivity index (χ1v) is 15.7. The van der Waals surface area contributed by atoms with E-state index < -0.39 is 0 Å². The van der Waals surface area contributed by atoms with Gasteiger partial charge in [0.25, 0.3) is 0 Å². The molecule has 0 saturated carbocycles. The lowest BCUT2D eigenvalue weighted by molar-refractivity contribution is 0.0331. The molecule has 0 amide bonds. The molecule has 1 aliphatic carbocycles. The molecule has 3 aliphatic rings. The molecule has 6 nitrogen and oxygen atoms in total. The number of thiophene rings is 1. The van der Waals surface area contributed by atoms with E-state index in [-0.39, 0.29) is 6.04 Å². The molecule has 2 fully saturated rings. The van der Waals surface area contributed by atoms with Crippen molar-refractivity contribution < 1.29 is 4.74 Å². The highest BCUT2D eigenvalue weighted by molar-refractivity contribution is 7.19. The Balaban J connectivity index is 1.19. The molecule has 4 heterocycles. The Morgan fingerprint density at radius 1 is 0.875 bits per heavy atom. The van der Waals surface area contributed by atoms with E-state index in [0.29, 0.717) is 0 Å². The van der Waals surface area contributed by atoms with Crippen LogP contribution >= 0.6 is 11.3 Å². The third kappa shape index (κ3) is 5.28. The molecule has 2 saturated heterocycles. The monoisotopic (exact) mass is 553 g/mol. The highest BCUT2D eigenvalue weighted by Gasteiger charge is 2.30. The fraction of sp³-hybridized carbons (Fsp3) is 0.455. The summed E-state index contributed by atoms with van der Waals surface area (Å²) < 4.78 is 5.59. The molecule has 0 unspecified atom stereocenters. The molecule has 7 heteroatoms. The Hall–Kier alpha value is -2.84. The highest BCUT2D eigenvalue weighted by Crippen LogP contribution is 2.41. The lowest BCUT2D eigenvalue weighted by atomic mass is 9.89. The molecule has 0 radical (unpaired) electrons. The quantitative estimate of drug-likeness (QED) is 0.312. The van der Waals surface area contributed by atoms with Crippen LogP contribution in [0.4, 0.5) is 5.82 Å². The molecular weight excluding hydrogens is 514 g/mol. The van der Waals surface area contributed by atoms with Crippen LogP contribution in [0.25, 0.3) is 10.2 Å². The van der Waals surface area contributed by atoms with Gasteiger partial charge >= 0.3 is 0 Å². The first kappa shape index (κ1) is 26.1. The standard InChI is InChI=1S/C33H39N5OS/c1-24-12-13-27-28(22-24)40-33-30(27)32(34-29(35-33)23-36-18-20-39-21-19-36)38-16-14-37(15-17-38)31(25-8-4-2-5-9-25)26-10-6-3-7-11-26/h2-11,24,31H,12-23H2,1H3/t24-/m0/s1. The summed E-state index contributed by atoms with van der Waals surface area (Å²) in [5.74, 6) is 2.89. The largest absolute Gasteiger partial charge is 0.379 e. The minimum atomic E-state index is 0.266. The molecule has 208 valence electrons. The zero-order chi connectivity index (χ0) is 26.9. The van der Waals surface area contributed by atoms with Gasteiger partial charge in [0, 0.05) is 44.1 Å². The Labute approximate surface area is 241 Å². The topological polar surface area (TPSA) is 44.7 Å². The number of aromatic nitrogens is 2. The number of hydrogen-bond donors (Lipinski definition) is 0. The van der Waals surface area contributed by atoms with E-state index >= 15 is 0 Å². The van der Waals surface area contributed by atoms with Gasteiger partial charge in [-0.1, -0.05) is 67.6 Å². The van der Waals surface area contributed by atoms with Crippen LogP contribution in [0.2, 0.25) is 0 Å². The number of hydrogen-bond acceptors (Lipinski definition) is 7. The van der Waals surface area contributed by atoms with Crippen LogP contribution in [0.1, 0.15) is 46.8 Å². The molecule has 0 spiro atoms. The van der Waals surface area contributed by atoms with E-state index in [1.54, 1.807) is 4.88 Å². The molecule has 1 atom stereocenters. The van der Waals surface area contributed by atoms with E-state index in [1.807, 2.05) is 11.3 Å². The second-order valence-corrected chi connectivity index (χ2v) is 12.7. The van der Waals surface area contributed by atoms with E-state index in [2.05, 4.69) is 82.3 Å². The zero-order valence-electron chi connectivity index (χ0n) is 23.5. The highest BCUT2D eigenvalue weighted by atomic mass is 32.1. The Bertz CT molecular complexity index is 1390. The van der Waals surface area contributed by atoms with Crippen LogP contribution in [-0.4, -0.2) is 72.3 Å². The summed E-state index contributed by atoms with van der Waals surface area (Å²) >= 11 is 1.93. The number of morpholine rings is 1. The van der Waals surface area contributed by atoms with E-state index in [0.717, 1.165) is 77.2 Å². The molecule has 0 N–H and O–H groups in total. The number of fused-ring (bicyclic) bond motifs is 3. The summed E-state index contributed by atoms with van der Waals surface area (Å²) in [6.45, 7) is 10.6. The fourth-order valence-electron chi connectivity index (χ4n) is 6.70. The number of aryl methyl sites for hydroxylation is 1. The van der Waals surface area contributed by atoms with Gasteiger partial charge in [-0.2, -0.15) is 0 Å². The van der Waals surface area contributed by atoms with Gasteiger partial charge < -0.3 is 9.64 Å². The van der Waals surface area contributed by atoms with Crippen molar-refractivity contribution >= 4 is 27.4 Å². The minimum absolute atomic E-state index is 0.266. The molecule has 2 aliphatic heterocycles. The molecule has 0 bridgehead atoms. The number of piperazine rings is 1. The Kier molecular flexibility index (Phi) is 7.54.